The van der Waals surface area contributed by atoms with Crippen molar-refractivity contribution >= 4 is 63.5 Å². The lowest BCUT2D eigenvalue weighted by Gasteiger charge is -2.30. The topological polar surface area (TPSA) is 188 Å². The number of nitrogens with two attached hydrogens (primary N) is 1. The van der Waals surface area contributed by atoms with E-state index in [1.807, 2.05) is 42.7 Å². The molecule has 3 aromatic heterocycles. The minimum Gasteiger partial charge on any atom is -0.382 e. The molecule has 4 atom stereocenters. The summed E-state index contributed by atoms with van der Waals surface area (Å²) >= 11 is 0. The van der Waals surface area contributed by atoms with Crippen molar-refractivity contribution < 1.29 is 24.0 Å². The van der Waals surface area contributed by atoms with E-state index in [9.17, 15) is 24.0 Å². The third kappa shape index (κ3) is 7.30. The molecule has 5 aliphatic rings. The highest BCUT2D eigenvalue weighted by Crippen LogP contribution is 2.39. The van der Waals surface area contributed by atoms with Crippen LogP contribution in [0.25, 0.3) is 33.8 Å². The summed E-state index contributed by atoms with van der Waals surface area (Å²) in [5.41, 5.74) is 12.3. The van der Waals surface area contributed by atoms with Gasteiger partial charge in [0.1, 0.15) is 28.9 Å². The number of para-hydroxylation sites is 1. The fourth-order valence-corrected chi connectivity index (χ4v) is 10.1. The van der Waals surface area contributed by atoms with Crippen molar-refractivity contribution in [2.24, 2.45) is 5.92 Å². The first-order valence-corrected chi connectivity index (χ1v) is 21.5. The molecule has 1 saturated carbocycles. The average molecular weight is 821 g/mol. The molecule has 15 nitrogen and oxygen atoms in total. The quantitative estimate of drug-likeness (QED) is 0.209. The van der Waals surface area contributed by atoms with Gasteiger partial charge in [-0.2, -0.15) is 0 Å². The number of hydrogen-bond acceptors (Lipinski definition) is 11. The van der Waals surface area contributed by atoms with Crippen molar-refractivity contribution in [2.75, 3.05) is 43.4 Å². The molecule has 7 heterocycles. The zero-order valence-corrected chi connectivity index (χ0v) is 33.9. The van der Waals surface area contributed by atoms with Crippen molar-refractivity contribution in [3.8, 4) is 11.3 Å². The molecule has 2 aromatic carbocycles. The summed E-state index contributed by atoms with van der Waals surface area (Å²) in [6.45, 7) is 3.74. The van der Waals surface area contributed by atoms with Crippen molar-refractivity contribution in [3.63, 3.8) is 0 Å². The lowest BCUT2D eigenvalue weighted by molar-refractivity contribution is -0.136. The number of aromatic nitrogens is 4. The first-order chi connectivity index (χ1) is 29.7. The van der Waals surface area contributed by atoms with Crippen molar-refractivity contribution in [2.45, 2.75) is 75.8 Å². The van der Waals surface area contributed by atoms with E-state index in [2.05, 4.69) is 48.0 Å². The number of nitrogens with one attached hydrogen (secondary N) is 2. The van der Waals surface area contributed by atoms with Crippen LogP contribution in [0, 0.1) is 5.92 Å². The predicted octanol–water partition coefficient (Wildman–Crippen LogP) is 4.71. The molecule has 5 aromatic rings. The molecule has 2 bridgehead atoms. The van der Waals surface area contributed by atoms with Crippen LogP contribution in [0.4, 0.5) is 11.5 Å². The summed E-state index contributed by atoms with van der Waals surface area (Å²) in [4.78, 5) is 85.0. The normalized spacial score (nSPS) is 24.4. The van der Waals surface area contributed by atoms with Gasteiger partial charge in [0.05, 0.1) is 28.5 Å². The summed E-state index contributed by atoms with van der Waals surface area (Å²) in [6, 6.07) is 14.5. The van der Waals surface area contributed by atoms with E-state index in [1.165, 1.54) is 0 Å². The fourth-order valence-electron chi connectivity index (χ4n) is 10.1. The second-order valence-corrected chi connectivity index (χ2v) is 17.1. The van der Waals surface area contributed by atoms with E-state index in [0.717, 1.165) is 114 Å². The van der Waals surface area contributed by atoms with Crippen LogP contribution in [0.1, 0.15) is 95.9 Å². The van der Waals surface area contributed by atoms with E-state index in [4.69, 9.17) is 15.7 Å². The molecule has 1 unspecified atom stereocenters. The molecular formula is C46H48N10O5. The number of carbonyl (C=O) groups excluding carboxylic acids is 5. The molecular weight excluding hydrogens is 773 g/mol. The third-order valence-electron chi connectivity index (χ3n) is 13.2. The molecule has 1 aliphatic carbocycles. The summed E-state index contributed by atoms with van der Waals surface area (Å²) in [7, 11) is 0. The van der Waals surface area contributed by atoms with Gasteiger partial charge in [-0.15, -0.1) is 0 Å². The minimum absolute atomic E-state index is 0.0372. The van der Waals surface area contributed by atoms with Gasteiger partial charge >= 0.3 is 0 Å². The number of benzene rings is 2. The zero-order chi connectivity index (χ0) is 41.8. The molecule has 5 amide bonds. The number of nitrogen functional groups attached to an aromatic ring is 1. The molecule has 2 saturated heterocycles. The summed E-state index contributed by atoms with van der Waals surface area (Å²) in [5.74, 6) is -0.218. The Kier molecular flexibility index (Phi) is 10.1. The van der Waals surface area contributed by atoms with Crippen LogP contribution in [0.5, 0.6) is 0 Å². The number of amides is 5. The third-order valence-corrected chi connectivity index (χ3v) is 13.2. The number of imidazole rings is 1. The van der Waals surface area contributed by atoms with Gasteiger partial charge < -0.3 is 20.9 Å². The van der Waals surface area contributed by atoms with Crippen molar-refractivity contribution in [3.05, 3.63) is 89.6 Å². The first-order valence-electron chi connectivity index (χ1n) is 21.5. The SMILES string of the molecule is Nc1ncc2n3c(nc(-c4cnc5ccccc5c4)c13)[C@@H]1CCC[C@H](C1)NC(=O)CCN(C[C@H]1CCN(c3ccc4c(c3)C(=O)N(C3CCC(=O)NC3=O)C4=O)C1)CC/C=C/2. The second-order valence-electron chi connectivity index (χ2n) is 17.1. The van der Waals surface area contributed by atoms with E-state index >= 15 is 0 Å². The van der Waals surface area contributed by atoms with Gasteiger partial charge in [0, 0.05) is 80.4 Å². The van der Waals surface area contributed by atoms with E-state index < -0.39 is 29.7 Å². The van der Waals surface area contributed by atoms with Gasteiger partial charge in [0.2, 0.25) is 17.7 Å². The maximum absolute atomic E-state index is 13.6. The first kappa shape index (κ1) is 38.7. The molecule has 15 heteroatoms. The summed E-state index contributed by atoms with van der Waals surface area (Å²) < 4.78 is 2.18. The maximum Gasteiger partial charge on any atom is 0.262 e. The largest absolute Gasteiger partial charge is 0.382 e. The van der Waals surface area contributed by atoms with Crippen LogP contribution in [-0.4, -0.2) is 103 Å². The number of hydrogen-bond donors (Lipinski definition) is 3. The Hall–Kier alpha value is -6.48. The van der Waals surface area contributed by atoms with Gasteiger partial charge in [-0.3, -0.25) is 43.6 Å². The summed E-state index contributed by atoms with van der Waals surface area (Å²) in [6.07, 6.45) is 13.9. The number of rotatable bonds is 5. The van der Waals surface area contributed by atoms with Gasteiger partial charge in [-0.05, 0) is 80.9 Å². The van der Waals surface area contributed by atoms with Crippen molar-refractivity contribution in [1.82, 2.24) is 39.8 Å². The predicted molar refractivity (Wildman–Crippen MR) is 229 cm³/mol. The smallest absolute Gasteiger partial charge is 0.262 e. The van der Waals surface area contributed by atoms with E-state index in [1.54, 1.807) is 12.1 Å². The number of nitrogens with zero attached hydrogens (tertiary/aromatic N) is 7. The Bertz CT molecular complexity index is 2660. The van der Waals surface area contributed by atoms with Crippen molar-refractivity contribution in [1.29, 1.82) is 0 Å². The van der Waals surface area contributed by atoms with Gasteiger partial charge in [-0.25, -0.2) is 9.97 Å². The van der Waals surface area contributed by atoms with Crippen LogP contribution in [-0.2, 0) is 14.4 Å². The Labute approximate surface area is 352 Å². The maximum atomic E-state index is 13.6. The zero-order valence-electron chi connectivity index (χ0n) is 33.9. The highest BCUT2D eigenvalue weighted by atomic mass is 16.2. The number of piperidine rings is 1. The molecule has 0 spiro atoms. The number of fused-ring (bicyclic) bond motifs is 5. The number of imide groups is 2. The Morgan fingerprint density at radius 3 is 2.59 bits per heavy atom. The Morgan fingerprint density at radius 2 is 1.70 bits per heavy atom. The fraction of sp³-hybridized carbons (Fsp3) is 0.391. The molecule has 3 fully saturated rings. The van der Waals surface area contributed by atoms with Gasteiger partial charge in [0.15, 0.2) is 0 Å². The highest BCUT2D eigenvalue weighted by molar-refractivity contribution is 6.23. The number of anilines is 2. The van der Waals surface area contributed by atoms with Crippen LogP contribution in [0.15, 0.2) is 67.0 Å². The van der Waals surface area contributed by atoms with E-state index in [-0.39, 0.29) is 41.8 Å². The molecule has 61 heavy (non-hydrogen) atoms. The Balaban J connectivity index is 0.877. The molecule has 10 rings (SSSR count). The average Bonchev–Trinajstić information content (AvgIpc) is 3.97. The number of carbonyl (C=O) groups is 5. The van der Waals surface area contributed by atoms with Crippen LogP contribution >= 0.6 is 0 Å². The number of pyridine rings is 1. The van der Waals surface area contributed by atoms with E-state index in [0.29, 0.717) is 24.7 Å². The highest BCUT2D eigenvalue weighted by Gasteiger charge is 2.45. The van der Waals surface area contributed by atoms with Gasteiger partial charge in [-0.1, -0.05) is 30.7 Å². The van der Waals surface area contributed by atoms with Crippen LogP contribution < -0.4 is 21.3 Å². The van der Waals surface area contributed by atoms with Crippen LogP contribution in [0.2, 0.25) is 0 Å². The standard InChI is InChI=1S/C46H48N10O5/c47-42-41-40(30-20-28-6-1-2-10-36(28)48-23-30)52-43-29-7-5-8-31(21-29)50-39(58)16-18-53(17-4-3-9-33(24-49-42)55(41)43)25-27-15-19-54(26-27)32-11-12-34-35(22-32)46(61)56(45(34)60)37-13-14-38(57)51-44(37)59/h1-3,6,9-12,20,22-24,27,29,31,37H,4-5,7-8,13-19,21,25-26H2,(H2,47,49)(H,50,58)(H,51,57,59)/b9-3+/t27-,29-,31-,37?/m1/s1. The van der Waals surface area contributed by atoms with Crippen LogP contribution in [0.3, 0.4) is 0 Å². The summed E-state index contributed by atoms with van der Waals surface area (Å²) in [5, 5.41) is 6.65. The molecule has 4 N–H and O–H groups in total. The lowest BCUT2D eigenvalue weighted by atomic mass is 9.85. The monoisotopic (exact) mass is 820 g/mol. The lowest BCUT2D eigenvalue weighted by Crippen LogP contribution is -2.54. The second kappa shape index (κ2) is 15.8. The molecule has 4 aliphatic heterocycles. The molecule has 312 valence electrons. The van der Waals surface area contributed by atoms with Gasteiger partial charge in [0.25, 0.3) is 11.8 Å². The Morgan fingerprint density at radius 1 is 0.836 bits per heavy atom. The minimum atomic E-state index is -1.00. The molecule has 0 radical (unpaired) electrons.